The molecule has 4 unspecified atom stereocenters. The quantitative estimate of drug-likeness (QED) is 0.716. The van der Waals surface area contributed by atoms with Crippen molar-refractivity contribution in [2.45, 2.75) is 32.4 Å². The van der Waals surface area contributed by atoms with Gasteiger partial charge in [0.2, 0.25) is 5.91 Å². The Morgan fingerprint density at radius 1 is 1.53 bits per heavy atom. The summed E-state index contributed by atoms with van der Waals surface area (Å²) in [4.78, 5) is 14.4. The smallest absolute Gasteiger partial charge is 0.234 e. The summed E-state index contributed by atoms with van der Waals surface area (Å²) >= 11 is 0. The lowest BCUT2D eigenvalue weighted by molar-refractivity contribution is -0.123. The van der Waals surface area contributed by atoms with Crippen molar-refractivity contribution < 1.29 is 9.53 Å². The lowest BCUT2D eigenvalue weighted by Gasteiger charge is -2.26. The van der Waals surface area contributed by atoms with Crippen molar-refractivity contribution in [3.8, 4) is 0 Å². The van der Waals surface area contributed by atoms with Gasteiger partial charge in [-0.15, -0.1) is 0 Å². The topological polar surface area (TPSA) is 53.6 Å². The molecule has 2 saturated heterocycles. The SMILES string of the molecule is CCC1C2CNCC2CN1CC(=O)NC(C)COC. The number of rotatable bonds is 6. The van der Waals surface area contributed by atoms with Gasteiger partial charge in [0.05, 0.1) is 13.2 Å². The van der Waals surface area contributed by atoms with E-state index >= 15 is 0 Å². The van der Waals surface area contributed by atoms with Crippen LogP contribution in [0.15, 0.2) is 0 Å². The van der Waals surface area contributed by atoms with Crippen LogP contribution in [0.1, 0.15) is 20.3 Å². The van der Waals surface area contributed by atoms with Crippen LogP contribution in [0.4, 0.5) is 0 Å². The molecule has 0 aromatic rings. The molecule has 0 bridgehead atoms. The van der Waals surface area contributed by atoms with E-state index < -0.39 is 0 Å². The summed E-state index contributed by atoms with van der Waals surface area (Å²) in [5.74, 6) is 1.58. The minimum absolute atomic E-state index is 0.0846. The van der Waals surface area contributed by atoms with Crippen LogP contribution >= 0.6 is 0 Å². The molecular weight excluding hydrogens is 242 g/mol. The highest BCUT2D eigenvalue weighted by atomic mass is 16.5. The van der Waals surface area contributed by atoms with Crippen molar-refractivity contribution in [3.63, 3.8) is 0 Å². The predicted molar refractivity (Wildman–Crippen MR) is 75.0 cm³/mol. The number of hydrogen-bond acceptors (Lipinski definition) is 4. The van der Waals surface area contributed by atoms with Crippen molar-refractivity contribution in [1.82, 2.24) is 15.5 Å². The molecule has 0 aromatic carbocycles. The number of carbonyl (C=O) groups is 1. The Morgan fingerprint density at radius 2 is 2.32 bits per heavy atom. The van der Waals surface area contributed by atoms with Crippen LogP contribution < -0.4 is 10.6 Å². The van der Waals surface area contributed by atoms with Crippen molar-refractivity contribution in [1.29, 1.82) is 0 Å². The predicted octanol–water partition coefficient (Wildman–Crippen LogP) is 0.0673. The van der Waals surface area contributed by atoms with Crippen molar-refractivity contribution >= 4 is 5.91 Å². The number of carbonyl (C=O) groups excluding carboxylic acids is 1. The van der Waals surface area contributed by atoms with Crippen LogP contribution in [0.2, 0.25) is 0 Å². The van der Waals surface area contributed by atoms with Crippen LogP contribution in [0, 0.1) is 11.8 Å². The Kier molecular flexibility index (Phi) is 5.19. The summed E-state index contributed by atoms with van der Waals surface area (Å²) in [6, 6.07) is 0.643. The van der Waals surface area contributed by atoms with Crippen molar-refractivity contribution in [2.75, 3.05) is 39.9 Å². The van der Waals surface area contributed by atoms with E-state index in [0.29, 0.717) is 19.2 Å². The van der Waals surface area contributed by atoms with Gasteiger partial charge in [-0.05, 0) is 38.3 Å². The second-order valence-electron chi connectivity index (χ2n) is 5.91. The molecular formula is C14H27N3O2. The number of likely N-dealkylation sites (tertiary alicyclic amines) is 1. The Hall–Kier alpha value is -0.650. The molecule has 0 radical (unpaired) electrons. The second kappa shape index (κ2) is 6.68. The molecule has 5 heteroatoms. The summed E-state index contributed by atoms with van der Waals surface area (Å²) in [5.41, 5.74) is 0. The number of nitrogens with zero attached hydrogens (tertiary/aromatic N) is 1. The first-order valence-corrected chi connectivity index (χ1v) is 7.38. The van der Waals surface area contributed by atoms with E-state index in [9.17, 15) is 4.79 Å². The number of nitrogens with one attached hydrogen (secondary N) is 2. The monoisotopic (exact) mass is 269 g/mol. The summed E-state index contributed by atoms with van der Waals surface area (Å²) < 4.78 is 5.04. The fourth-order valence-electron chi connectivity index (χ4n) is 3.65. The first-order valence-electron chi connectivity index (χ1n) is 7.38. The minimum Gasteiger partial charge on any atom is -0.383 e. The van der Waals surface area contributed by atoms with E-state index in [0.717, 1.165) is 37.9 Å². The van der Waals surface area contributed by atoms with Gasteiger partial charge in [-0.2, -0.15) is 0 Å². The Morgan fingerprint density at radius 3 is 3.00 bits per heavy atom. The fourth-order valence-corrected chi connectivity index (χ4v) is 3.65. The highest BCUT2D eigenvalue weighted by molar-refractivity contribution is 5.78. The van der Waals surface area contributed by atoms with Gasteiger partial charge >= 0.3 is 0 Å². The minimum atomic E-state index is 0.0846. The number of ether oxygens (including phenoxy) is 1. The average Bonchev–Trinajstić information content (AvgIpc) is 2.88. The normalized spacial score (nSPS) is 32.3. The maximum atomic E-state index is 12.0. The molecule has 1 amide bonds. The highest BCUT2D eigenvalue weighted by Gasteiger charge is 2.43. The molecule has 4 atom stereocenters. The third-order valence-electron chi connectivity index (χ3n) is 4.41. The van der Waals surface area contributed by atoms with Crippen molar-refractivity contribution in [3.05, 3.63) is 0 Å². The standard InChI is InChI=1S/C14H27N3O2/c1-4-13-12-6-15-5-11(12)7-17(13)8-14(18)16-10(2)9-19-3/h10-13,15H,4-9H2,1-3H3,(H,16,18). The van der Waals surface area contributed by atoms with Gasteiger partial charge in [-0.1, -0.05) is 6.92 Å². The van der Waals surface area contributed by atoms with Gasteiger partial charge in [0.1, 0.15) is 0 Å². The second-order valence-corrected chi connectivity index (χ2v) is 5.91. The fraction of sp³-hybridized carbons (Fsp3) is 0.929. The zero-order chi connectivity index (χ0) is 13.8. The third kappa shape index (κ3) is 3.46. The molecule has 0 aromatic heterocycles. The summed E-state index contributed by atoms with van der Waals surface area (Å²) in [7, 11) is 1.66. The molecule has 2 fully saturated rings. The van der Waals surface area contributed by atoms with E-state index in [1.165, 1.54) is 0 Å². The highest BCUT2D eigenvalue weighted by Crippen LogP contribution is 2.33. The van der Waals surface area contributed by atoms with E-state index in [1.54, 1.807) is 7.11 Å². The molecule has 0 aliphatic carbocycles. The molecule has 0 saturated carbocycles. The van der Waals surface area contributed by atoms with Crippen LogP contribution in [-0.4, -0.2) is 62.8 Å². The van der Waals surface area contributed by atoms with Gasteiger partial charge in [0.25, 0.3) is 0 Å². The van der Waals surface area contributed by atoms with Crippen LogP contribution in [0.5, 0.6) is 0 Å². The number of amides is 1. The maximum Gasteiger partial charge on any atom is 0.234 e. The first kappa shape index (κ1) is 14.8. The Labute approximate surface area is 116 Å². The number of hydrogen-bond donors (Lipinski definition) is 2. The molecule has 2 heterocycles. The van der Waals surface area contributed by atoms with Crippen LogP contribution in [-0.2, 0) is 9.53 Å². The molecule has 2 aliphatic rings. The van der Waals surface area contributed by atoms with E-state index in [4.69, 9.17) is 4.74 Å². The largest absolute Gasteiger partial charge is 0.383 e. The molecule has 2 N–H and O–H groups in total. The van der Waals surface area contributed by atoms with Gasteiger partial charge in [0, 0.05) is 25.7 Å². The van der Waals surface area contributed by atoms with Gasteiger partial charge < -0.3 is 15.4 Å². The molecule has 110 valence electrons. The van der Waals surface area contributed by atoms with Gasteiger partial charge in [0.15, 0.2) is 0 Å². The van der Waals surface area contributed by atoms with Crippen LogP contribution in [0.25, 0.3) is 0 Å². The zero-order valence-electron chi connectivity index (χ0n) is 12.3. The number of fused-ring (bicyclic) bond motifs is 1. The molecule has 5 nitrogen and oxygen atoms in total. The summed E-state index contributed by atoms with van der Waals surface area (Å²) in [6.45, 7) is 8.58. The Balaban J connectivity index is 1.83. The zero-order valence-corrected chi connectivity index (χ0v) is 12.3. The molecule has 19 heavy (non-hydrogen) atoms. The van der Waals surface area contributed by atoms with E-state index in [2.05, 4.69) is 22.5 Å². The number of methoxy groups -OCH3 is 1. The lowest BCUT2D eigenvalue weighted by atomic mass is 9.93. The van der Waals surface area contributed by atoms with Crippen molar-refractivity contribution in [2.24, 2.45) is 11.8 Å². The Bertz CT molecular complexity index is 311. The average molecular weight is 269 g/mol. The molecule has 0 spiro atoms. The summed E-state index contributed by atoms with van der Waals surface area (Å²) in [5, 5.41) is 6.46. The van der Waals surface area contributed by atoms with Gasteiger partial charge in [-0.3, -0.25) is 9.69 Å². The summed E-state index contributed by atoms with van der Waals surface area (Å²) in [6.07, 6.45) is 1.13. The first-order chi connectivity index (χ1) is 9.15. The van der Waals surface area contributed by atoms with E-state index in [-0.39, 0.29) is 11.9 Å². The lowest BCUT2D eigenvalue weighted by Crippen LogP contribution is -2.45. The van der Waals surface area contributed by atoms with E-state index in [1.807, 2.05) is 6.92 Å². The maximum absolute atomic E-state index is 12.0. The third-order valence-corrected chi connectivity index (χ3v) is 4.41. The molecule has 2 aliphatic heterocycles. The molecule has 2 rings (SSSR count). The van der Waals surface area contributed by atoms with Crippen LogP contribution in [0.3, 0.4) is 0 Å². The van der Waals surface area contributed by atoms with Gasteiger partial charge in [-0.25, -0.2) is 0 Å².